The summed E-state index contributed by atoms with van der Waals surface area (Å²) in [5.74, 6) is 1.22. The fourth-order valence-electron chi connectivity index (χ4n) is 3.84. The normalized spacial score (nSPS) is 11.8. The Bertz CT molecular complexity index is 1260. The molecule has 6 heteroatoms. The number of H-pyrrole nitrogens is 1. The fraction of sp³-hybridized carbons (Fsp3) is 0.222. The Morgan fingerprint density at radius 2 is 1.64 bits per heavy atom. The molecule has 2 N–H and O–H groups in total. The summed E-state index contributed by atoms with van der Waals surface area (Å²) in [5, 5.41) is 11.7. The number of fused-ring (bicyclic) bond motifs is 1. The SMILES string of the molecule is CCN(C)Cc1ccc(N=C(c2ccccc2)c2c(O)[nH]c3cc(OC)c(OC)cc23)cc1. The van der Waals surface area contributed by atoms with Gasteiger partial charge in [0.2, 0.25) is 0 Å². The number of nitrogens with zero attached hydrogens (tertiary/aromatic N) is 2. The summed E-state index contributed by atoms with van der Waals surface area (Å²) in [4.78, 5) is 10.3. The molecule has 1 heterocycles. The predicted octanol–water partition coefficient (Wildman–Crippen LogP) is 5.51. The van der Waals surface area contributed by atoms with Crippen molar-refractivity contribution in [2.24, 2.45) is 4.99 Å². The van der Waals surface area contributed by atoms with Crippen LogP contribution in [0.2, 0.25) is 0 Å². The highest BCUT2D eigenvalue weighted by molar-refractivity contribution is 6.22. The molecule has 0 saturated carbocycles. The molecule has 0 bridgehead atoms. The highest BCUT2D eigenvalue weighted by Gasteiger charge is 2.21. The summed E-state index contributed by atoms with van der Waals surface area (Å²) in [6, 6.07) is 21.8. The van der Waals surface area contributed by atoms with Gasteiger partial charge in [-0.3, -0.25) is 0 Å². The number of aliphatic imine (C=N–C) groups is 1. The topological polar surface area (TPSA) is 70.1 Å². The third kappa shape index (κ3) is 4.71. The highest BCUT2D eigenvalue weighted by atomic mass is 16.5. The van der Waals surface area contributed by atoms with E-state index < -0.39 is 0 Å². The molecule has 0 fully saturated rings. The third-order valence-electron chi connectivity index (χ3n) is 5.74. The number of rotatable bonds is 8. The first kappa shape index (κ1) is 22.4. The lowest BCUT2D eigenvalue weighted by Crippen LogP contribution is -2.16. The summed E-state index contributed by atoms with van der Waals surface area (Å²) in [6.45, 7) is 4.02. The molecule has 0 aliphatic heterocycles. The van der Waals surface area contributed by atoms with Crippen molar-refractivity contribution >= 4 is 22.3 Å². The Labute approximate surface area is 194 Å². The Kier molecular flexibility index (Phi) is 6.66. The first-order valence-electron chi connectivity index (χ1n) is 10.9. The third-order valence-corrected chi connectivity index (χ3v) is 5.74. The Morgan fingerprint density at radius 1 is 0.970 bits per heavy atom. The lowest BCUT2D eigenvalue weighted by Gasteiger charge is -2.14. The van der Waals surface area contributed by atoms with Crippen LogP contribution >= 0.6 is 0 Å². The van der Waals surface area contributed by atoms with Gasteiger partial charge in [-0.05, 0) is 37.4 Å². The Morgan fingerprint density at radius 3 is 2.27 bits per heavy atom. The average Bonchev–Trinajstić information content (AvgIpc) is 3.17. The van der Waals surface area contributed by atoms with Gasteiger partial charge in [0.25, 0.3) is 0 Å². The Balaban J connectivity index is 1.86. The minimum Gasteiger partial charge on any atom is -0.494 e. The summed E-state index contributed by atoms with van der Waals surface area (Å²) in [6.07, 6.45) is 0. The number of hydrogen-bond acceptors (Lipinski definition) is 5. The zero-order chi connectivity index (χ0) is 23.4. The van der Waals surface area contributed by atoms with E-state index in [9.17, 15) is 5.11 Å². The van der Waals surface area contributed by atoms with Crippen molar-refractivity contribution in [3.8, 4) is 17.4 Å². The maximum atomic E-state index is 10.9. The van der Waals surface area contributed by atoms with E-state index in [0.29, 0.717) is 22.8 Å². The van der Waals surface area contributed by atoms with Gasteiger partial charge in [-0.25, -0.2) is 4.99 Å². The van der Waals surface area contributed by atoms with Crippen molar-refractivity contribution in [2.75, 3.05) is 27.8 Å². The molecule has 0 amide bonds. The van der Waals surface area contributed by atoms with Gasteiger partial charge in [0.1, 0.15) is 0 Å². The average molecular weight is 444 g/mol. The quantitative estimate of drug-likeness (QED) is 0.352. The molecule has 0 aliphatic rings. The molecule has 170 valence electrons. The zero-order valence-electron chi connectivity index (χ0n) is 19.4. The Hall–Kier alpha value is -3.77. The molecular formula is C27H29N3O3. The maximum absolute atomic E-state index is 10.9. The molecule has 0 spiro atoms. The van der Waals surface area contributed by atoms with Gasteiger partial charge in [-0.2, -0.15) is 0 Å². The van der Waals surface area contributed by atoms with E-state index in [1.807, 2.05) is 54.6 Å². The van der Waals surface area contributed by atoms with Gasteiger partial charge in [0.15, 0.2) is 17.4 Å². The van der Waals surface area contributed by atoms with Crippen LogP contribution in [0.1, 0.15) is 23.6 Å². The number of aromatic hydroxyl groups is 1. The van der Waals surface area contributed by atoms with Gasteiger partial charge in [-0.15, -0.1) is 0 Å². The standard InChI is InChI=1S/C27H29N3O3/c1-5-30(2)17-18-11-13-20(14-12-18)28-26(19-9-7-6-8-10-19)25-21-15-23(32-3)24(33-4)16-22(21)29-27(25)31/h6-16,29,31H,5,17H2,1-4H3. The molecule has 6 nitrogen and oxygen atoms in total. The molecule has 0 atom stereocenters. The van der Waals surface area contributed by atoms with Gasteiger partial charge in [0, 0.05) is 23.6 Å². The van der Waals surface area contributed by atoms with Gasteiger partial charge < -0.3 is 24.5 Å². The van der Waals surface area contributed by atoms with Crippen molar-refractivity contribution in [1.82, 2.24) is 9.88 Å². The van der Waals surface area contributed by atoms with Crippen LogP contribution in [-0.4, -0.2) is 48.5 Å². The molecule has 3 aromatic carbocycles. The monoisotopic (exact) mass is 443 g/mol. The molecule has 0 radical (unpaired) electrons. The van der Waals surface area contributed by atoms with Gasteiger partial charge in [0.05, 0.1) is 36.7 Å². The van der Waals surface area contributed by atoms with Crippen LogP contribution in [0.3, 0.4) is 0 Å². The summed E-state index contributed by atoms with van der Waals surface area (Å²) in [5.41, 5.74) is 4.97. The minimum atomic E-state index is 0.0455. The van der Waals surface area contributed by atoms with Gasteiger partial charge in [-0.1, -0.05) is 49.4 Å². The molecule has 1 aromatic heterocycles. The van der Waals surface area contributed by atoms with Crippen LogP contribution in [0.25, 0.3) is 10.9 Å². The second-order valence-corrected chi connectivity index (χ2v) is 7.92. The van der Waals surface area contributed by atoms with E-state index in [1.54, 1.807) is 14.2 Å². The lowest BCUT2D eigenvalue weighted by molar-refractivity contribution is 0.346. The smallest absolute Gasteiger partial charge is 0.199 e. The lowest BCUT2D eigenvalue weighted by atomic mass is 10.0. The van der Waals surface area contributed by atoms with Crippen LogP contribution in [0.5, 0.6) is 17.4 Å². The molecule has 4 rings (SSSR count). The van der Waals surface area contributed by atoms with Crippen molar-refractivity contribution in [3.05, 3.63) is 83.4 Å². The van der Waals surface area contributed by atoms with E-state index in [-0.39, 0.29) is 5.88 Å². The molecule has 4 aromatic rings. The molecular weight excluding hydrogens is 414 g/mol. The first-order valence-corrected chi connectivity index (χ1v) is 10.9. The zero-order valence-corrected chi connectivity index (χ0v) is 19.4. The maximum Gasteiger partial charge on any atom is 0.199 e. The molecule has 33 heavy (non-hydrogen) atoms. The first-order chi connectivity index (χ1) is 16.0. The summed E-state index contributed by atoms with van der Waals surface area (Å²) >= 11 is 0. The number of aromatic amines is 1. The van der Waals surface area contributed by atoms with E-state index in [2.05, 4.69) is 36.0 Å². The fourth-order valence-corrected chi connectivity index (χ4v) is 3.84. The van der Waals surface area contributed by atoms with Crippen molar-refractivity contribution in [3.63, 3.8) is 0 Å². The van der Waals surface area contributed by atoms with Crippen LogP contribution in [0, 0.1) is 0 Å². The van der Waals surface area contributed by atoms with Crippen molar-refractivity contribution < 1.29 is 14.6 Å². The van der Waals surface area contributed by atoms with E-state index >= 15 is 0 Å². The second kappa shape index (κ2) is 9.79. The van der Waals surface area contributed by atoms with Crippen LogP contribution in [-0.2, 0) is 6.54 Å². The van der Waals surface area contributed by atoms with E-state index in [1.165, 1.54) is 5.56 Å². The second-order valence-electron chi connectivity index (χ2n) is 7.92. The number of aromatic nitrogens is 1. The number of ether oxygens (including phenoxy) is 2. The molecule has 0 saturated heterocycles. The number of benzene rings is 3. The predicted molar refractivity (Wildman–Crippen MR) is 133 cm³/mol. The highest BCUT2D eigenvalue weighted by Crippen LogP contribution is 2.38. The minimum absolute atomic E-state index is 0.0455. The summed E-state index contributed by atoms with van der Waals surface area (Å²) in [7, 11) is 5.29. The number of nitrogens with one attached hydrogen (secondary N) is 1. The number of methoxy groups -OCH3 is 2. The van der Waals surface area contributed by atoms with Crippen LogP contribution in [0.15, 0.2) is 71.7 Å². The molecule has 0 unspecified atom stereocenters. The summed E-state index contributed by atoms with van der Waals surface area (Å²) < 4.78 is 10.9. The number of hydrogen-bond donors (Lipinski definition) is 2. The van der Waals surface area contributed by atoms with E-state index in [0.717, 1.165) is 35.2 Å². The van der Waals surface area contributed by atoms with E-state index in [4.69, 9.17) is 14.5 Å². The largest absolute Gasteiger partial charge is 0.494 e. The van der Waals surface area contributed by atoms with Crippen LogP contribution in [0.4, 0.5) is 5.69 Å². The van der Waals surface area contributed by atoms with Crippen molar-refractivity contribution in [1.29, 1.82) is 0 Å². The van der Waals surface area contributed by atoms with Crippen molar-refractivity contribution in [2.45, 2.75) is 13.5 Å². The van der Waals surface area contributed by atoms with Crippen LogP contribution < -0.4 is 9.47 Å². The molecule has 0 aliphatic carbocycles. The van der Waals surface area contributed by atoms with Gasteiger partial charge >= 0.3 is 0 Å².